The fourth-order valence-electron chi connectivity index (χ4n) is 3.08. The molecule has 7 heteroatoms. The second-order valence-electron chi connectivity index (χ2n) is 6.04. The second-order valence-corrected chi connectivity index (χ2v) is 7.69. The summed E-state index contributed by atoms with van der Waals surface area (Å²) in [5, 5.41) is 2.94. The molecule has 1 saturated carbocycles. The van der Waals surface area contributed by atoms with Gasteiger partial charge in [-0.1, -0.05) is 25.0 Å². The van der Waals surface area contributed by atoms with Gasteiger partial charge in [-0.25, -0.2) is 8.42 Å². The highest BCUT2D eigenvalue weighted by molar-refractivity contribution is 7.90. The van der Waals surface area contributed by atoms with Gasteiger partial charge in [-0.15, -0.1) is 0 Å². The third-order valence-electron chi connectivity index (χ3n) is 4.33. The van der Waals surface area contributed by atoms with Crippen LogP contribution < -0.4 is 10.0 Å². The van der Waals surface area contributed by atoms with Crippen molar-refractivity contribution in [3.05, 3.63) is 29.8 Å². The third kappa shape index (κ3) is 3.72. The van der Waals surface area contributed by atoms with Crippen molar-refractivity contribution in [3.8, 4) is 0 Å². The average molecular weight is 335 g/mol. The quantitative estimate of drug-likeness (QED) is 0.853. The van der Waals surface area contributed by atoms with Gasteiger partial charge in [-0.2, -0.15) is 0 Å². The standard InChI is InChI=1S/C16H21N3O3S/c20-15(18-11-12-5-1-2-6-12)9-10-17-16-13-7-3-4-8-14(13)23(21,22)19-16/h3-4,7-8,12H,1-2,5-6,9-11H2,(H,17,19)(H,18,20). The molecule has 0 bridgehead atoms. The molecule has 0 saturated heterocycles. The van der Waals surface area contributed by atoms with Crippen molar-refractivity contribution in [2.75, 3.05) is 13.1 Å². The van der Waals surface area contributed by atoms with Gasteiger partial charge in [0.15, 0.2) is 0 Å². The Labute approximate surface area is 136 Å². The van der Waals surface area contributed by atoms with Crippen LogP contribution in [0.15, 0.2) is 34.2 Å². The summed E-state index contributed by atoms with van der Waals surface area (Å²) in [4.78, 5) is 16.3. The summed E-state index contributed by atoms with van der Waals surface area (Å²) in [5.41, 5.74) is 0.568. The molecule has 3 rings (SSSR count). The van der Waals surface area contributed by atoms with Gasteiger partial charge in [0.2, 0.25) is 5.91 Å². The first-order valence-corrected chi connectivity index (χ1v) is 9.48. The number of hydrogen-bond donors (Lipinski definition) is 2. The number of fused-ring (bicyclic) bond motifs is 1. The number of nitrogens with one attached hydrogen (secondary N) is 2. The van der Waals surface area contributed by atoms with E-state index in [-0.39, 0.29) is 23.8 Å². The highest BCUT2D eigenvalue weighted by atomic mass is 32.2. The van der Waals surface area contributed by atoms with Gasteiger partial charge in [-0.05, 0) is 30.9 Å². The van der Waals surface area contributed by atoms with Crippen LogP contribution in [0.2, 0.25) is 0 Å². The highest BCUT2D eigenvalue weighted by Crippen LogP contribution is 2.24. The minimum absolute atomic E-state index is 0.0320. The maximum absolute atomic E-state index is 11.9. The summed E-state index contributed by atoms with van der Waals surface area (Å²) in [6.45, 7) is 1.01. The Kier molecular flexibility index (Phi) is 4.66. The van der Waals surface area contributed by atoms with Crippen LogP contribution >= 0.6 is 0 Å². The van der Waals surface area contributed by atoms with Crippen molar-refractivity contribution < 1.29 is 13.2 Å². The fraction of sp³-hybridized carbons (Fsp3) is 0.500. The molecule has 1 aliphatic carbocycles. The topological polar surface area (TPSA) is 87.6 Å². The van der Waals surface area contributed by atoms with Crippen LogP contribution in [0.25, 0.3) is 0 Å². The number of carbonyl (C=O) groups excluding carboxylic acids is 1. The lowest BCUT2D eigenvalue weighted by atomic mass is 10.1. The van der Waals surface area contributed by atoms with Crippen LogP contribution in [0.3, 0.4) is 0 Å². The van der Waals surface area contributed by atoms with Gasteiger partial charge in [-0.3, -0.25) is 14.5 Å². The Bertz CT molecular complexity index is 722. The second kappa shape index (κ2) is 6.70. The van der Waals surface area contributed by atoms with E-state index in [1.807, 2.05) is 0 Å². The molecule has 23 heavy (non-hydrogen) atoms. The van der Waals surface area contributed by atoms with E-state index < -0.39 is 10.0 Å². The molecule has 2 aliphatic rings. The number of aliphatic imine (C=N–C) groups is 1. The van der Waals surface area contributed by atoms with Crippen molar-refractivity contribution in [1.82, 2.24) is 10.0 Å². The van der Waals surface area contributed by atoms with Crippen LogP contribution in [0.5, 0.6) is 0 Å². The predicted molar refractivity (Wildman–Crippen MR) is 87.8 cm³/mol. The molecular weight excluding hydrogens is 314 g/mol. The molecule has 1 fully saturated rings. The van der Waals surface area contributed by atoms with Gasteiger partial charge < -0.3 is 5.32 Å². The van der Waals surface area contributed by atoms with Crippen LogP contribution in [-0.4, -0.2) is 33.3 Å². The molecular formula is C16H21N3O3S. The summed E-state index contributed by atoms with van der Waals surface area (Å²) in [5.74, 6) is 0.901. The molecule has 1 amide bonds. The lowest BCUT2D eigenvalue weighted by molar-refractivity contribution is -0.121. The maximum atomic E-state index is 11.9. The van der Waals surface area contributed by atoms with E-state index in [2.05, 4.69) is 15.0 Å². The lowest BCUT2D eigenvalue weighted by Crippen LogP contribution is -2.29. The minimum Gasteiger partial charge on any atom is -0.356 e. The monoisotopic (exact) mass is 335 g/mol. The molecule has 0 spiro atoms. The van der Waals surface area contributed by atoms with Crippen molar-refractivity contribution in [2.24, 2.45) is 10.9 Å². The minimum atomic E-state index is -3.51. The van der Waals surface area contributed by atoms with E-state index >= 15 is 0 Å². The Hall–Kier alpha value is -1.89. The van der Waals surface area contributed by atoms with E-state index in [0.717, 1.165) is 6.54 Å². The van der Waals surface area contributed by atoms with Crippen LogP contribution in [0.1, 0.15) is 37.7 Å². The van der Waals surface area contributed by atoms with Gasteiger partial charge >= 0.3 is 0 Å². The zero-order valence-corrected chi connectivity index (χ0v) is 13.7. The van der Waals surface area contributed by atoms with E-state index in [9.17, 15) is 13.2 Å². The summed E-state index contributed by atoms with van der Waals surface area (Å²) < 4.78 is 26.3. The predicted octanol–water partition coefficient (Wildman–Crippen LogP) is 1.42. The Morgan fingerprint density at radius 3 is 2.78 bits per heavy atom. The molecule has 1 aromatic rings. The molecule has 1 aliphatic heterocycles. The van der Waals surface area contributed by atoms with E-state index in [0.29, 0.717) is 17.3 Å². The molecule has 0 atom stereocenters. The average Bonchev–Trinajstić information content (AvgIpc) is 3.13. The van der Waals surface area contributed by atoms with Crippen LogP contribution in [0, 0.1) is 5.92 Å². The molecule has 0 radical (unpaired) electrons. The SMILES string of the molecule is O=C(CCN=C1NS(=O)(=O)c2ccccc21)NCC1CCCC1. The summed E-state index contributed by atoms with van der Waals surface area (Å²) in [6, 6.07) is 6.71. The van der Waals surface area contributed by atoms with E-state index in [1.165, 1.54) is 25.7 Å². The van der Waals surface area contributed by atoms with Crippen molar-refractivity contribution in [1.29, 1.82) is 0 Å². The van der Waals surface area contributed by atoms with Gasteiger partial charge in [0, 0.05) is 18.5 Å². The van der Waals surface area contributed by atoms with Gasteiger partial charge in [0.1, 0.15) is 5.84 Å². The lowest BCUT2D eigenvalue weighted by Gasteiger charge is -2.09. The number of carbonyl (C=O) groups is 1. The van der Waals surface area contributed by atoms with Crippen molar-refractivity contribution in [3.63, 3.8) is 0 Å². The zero-order valence-electron chi connectivity index (χ0n) is 12.9. The number of nitrogens with zero attached hydrogens (tertiary/aromatic N) is 1. The number of benzene rings is 1. The Balaban J connectivity index is 1.53. The maximum Gasteiger partial charge on any atom is 0.263 e. The molecule has 1 aromatic carbocycles. The number of sulfonamides is 1. The first kappa shape index (κ1) is 16.0. The van der Waals surface area contributed by atoms with Crippen LogP contribution in [0.4, 0.5) is 0 Å². The van der Waals surface area contributed by atoms with Crippen LogP contribution in [-0.2, 0) is 14.8 Å². The first-order chi connectivity index (χ1) is 11.1. The highest BCUT2D eigenvalue weighted by Gasteiger charge is 2.29. The molecule has 124 valence electrons. The van der Waals surface area contributed by atoms with Crippen molar-refractivity contribution in [2.45, 2.75) is 37.0 Å². The number of rotatable bonds is 5. The van der Waals surface area contributed by atoms with E-state index in [4.69, 9.17) is 0 Å². The molecule has 2 N–H and O–H groups in total. The molecule has 0 aromatic heterocycles. The molecule has 0 unspecified atom stereocenters. The smallest absolute Gasteiger partial charge is 0.263 e. The first-order valence-electron chi connectivity index (χ1n) is 7.99. The third-order valence-corrected chi connectivity index (χ3v) is 5.73. The molecule has 6 nitrogen and oxygen atoms in total. The summed E-state index contributed by atoms with van der Waals surface area (Å²) in [7, 11) is -3.51. The Morgan fingerprint density at radius 2 is 2.00 bits per heavy atom. The normalized spacial score (nSPS) is 21.1. The number of amides is 1. The number of hydrogen-bond acceptors (Lipinski definition) is 4. The van der Waals surface area contributed by atoms with Crippen molar-refractivity contribution >= 4 is 21.8 Å². The zero-order chi connectivity index (χ0) is 16.3. The Morgan fingerprint density at radius 1 is 1.26 bits per heavy atom. The summed E-state index contributed by atoms with van der Waals surface area (Å²) in [6.07, 6.45) is 5.17. The molecule has 1 heterocycles. The van der Waals surface area contributed by atoms with E-state index in [1.54, 1.807) is 24.3 Å². The fourth-order valence-corrected chi connectivity index (χ4v) is 4.33. The van der Waals surface area contributed by atoms with Gasteiger partial charge in [0.05, 0.1) is 11.4 Å². The number of amidine groups is 1. The van der Waals surface area contributed by atoms with Gasteiger partial charge in [0.25, 0.3) is 10.0 Å². The largest absolute Gasteiger partial charge is 0.356 e. The summed E-state index contributed by atoms with van der Waals surface area (Å²) >= 11 is 0.